The van der Waals surface area contributed by atoms with Gasteiger partial charge in [-0.15, -0.1) is 5.10 Å². The molecule has 4 N–H and O–H groups in total. The molecule has 0 aliphatic rings. The largest absolute Gasteiger partial charge is 0.492 e. The van der Waals surface area contributed by atoms with Crippen molar-refractivity contribution in [2.45, 2.75) is 6.10 Å². The summed E-state index contributed by atoms with van der Waals surface area (Å²) < 4.78 is 15.0. The number of aliphatic hydroxyl groups is 1. The van der Waals surface area contributed by atoms with Crippen LogP contribution in [0.5, 0.6) is 11.5 Å². The first kappa shape index (κ1) is 20.7. The Morgan fingerprint density at radius 3 is 2.45 bits per heavy atom. The SMILES string of the molecule is NC(=O)c1ccc(OCCNCC(O)COc2ccc(-c3csnn3)cc2)cc1. The van der Waals surface area contributed by atoms with Crippen molar-refractivity contribution >= 4 is 17.4 Å². The van der Waals surface area contributed by atoms with Gasteiger partial charge in [-0.3, -0.25) is 4.79 Å². The Balaban J connectivity index is 1.30. The van der Waals surface area contributed by atoms with Gasteiger partial charge in [-0.05, 0) is 60.1 Å². The normalized spacial score (nSPS) is 11.8. The van der Waals surface area contributed by atoms with Crippen LogP contribution in [-0.4, -0.2) is 53.0 Å². The maximum Gasteiger partial charge on any atom is 0.248 e. The predicted molar refractivity (Wildman–Crippen MR) is 110 cm³/mol. The molecule has 0 bridgehead atoms. The van der Waals surface area contributed by atoms with E-state index < -0.39 is 12.0 Å². The molecule has 152 valence electrons. The summed E-state index contributed by atoms with van der Waals surface area (Å²) >= 11 is 1.31. The Kier molecular flexibility index (Phi) is 7.51. The van der Waals surface area contributed by atoms with E-state index in [4.69, 9.17) is 15.2 Å². The maximum absolute atomic E-state index is 11.0. The Morgan fingerprint density at radius 2 is 1.79 bits per heavy atom. The van der Waals surface area contributed by atoms with Crippen LogP contribution in [0.3, 0.4) is 0 Å². The average Bonchev–Trinajstić information content (AvgIpc) is 3.27. The number of nitrogens with zero attached hydrogens (tertiary/aromatic N) is 2. The van der Waals surface area contributed by atoms with Crippen LogP contribution in [0, 0.1) is 0 Å². The lowest BCUT2D eigenvalue weighted by Crippen LogP contribution is -2.33. The molecule has 3 aromatic rings. The monoisotopic (exact) mass is 414 g/mol. The minimum absolute atomic E-state index is 0.181. The number of aliphatic hydroxyl groups excluding tert-OH is 1. The summed E-state index contributed by atoms with van der Waals surface area (Å²) in [5.41, 5.74) is 7.43. The van der Waals surface area contributed by atoms with E-state index in [-0.39, 0.29) is 6.61 Å². The standard InChI is InChI=1S/C20H22N4O4S/c21-20(26)15-3-7-17(8-4-15)27-10-9-22-11-16(25)12-28-18-5-1-14(2-6-18)19-13-29-24-23-19/h1-8,13,16,22,25H,9-12H2,(H2,21,26). The summed E-state index contributed by atoms with van der Waals surface area (Å²) in [7, 11) is 0. The molecule has 29 heavy (non-hydrogen) atoms. The molecule has 0 fully saturated rings. The molecular weight excluding hydrogens is 392 g/mol. The topological polar surface area (TPSA) is 120 Å². The van der Waals surface area contributed by atoms with Crippen LogP contribution in [0.1, 0.15) is 10.4 Å². The second-order valence-electron chi connectivity index (χ2n) is 6.22. The lowest BCUT2D eigenvalue weighted by molar-refractivity contribution is 0.1000. The van der Waals surface area contributed by atoms with Gasteiger partial charge < -0.3 is 25.6 Å². The van der Waals surface area contributed by atoms with Gasteiger partial charge in [0.25, 0.3) is 0 Å². The molecule has 2 aromatic carbocycles. The zero-order valence-electron chi connectivity index (χ0n) is 15.7. The molecule has 0 spiro atoms. The molecule has 9 heteroatoms. The average molecular weight is 414 g/mol. The molecule has 0 radical (unpaired) electrons. The lowest BCUT2D eigenvalue weighted by Gasteiger charge is -2.14. The van der Waals surface area contributed by atoms with E-state index in [9.17, 15) is 9.90 Å². The highest BCUT2D eigenvalue weighted by molar-refractivity contribution is 7.03. The van der Waals surface area contributed by atoms with Crippen LogP contribution in [0.25, 0.3) is 11.3 Å². The first-order valence-corrected chi connectivity index (χ1v) is 9.87. The van der Waals surface area contributed by atoms with E-state index >= 15 is 0 Å². The minimum Gasteiger partial charge on any atom is -0.492 e. The van der Waals surface area contributed by atoms with Crippen LogP contribution in [0.2, 0.25) is 0 Å². The van der Waals surface area contributed by atoms with Crippen molar-refractivity contribution < 1.29 is 19.4 Å². The molecule has 1 aromatic heterocycles. The van der Waals surface area contributed by atoms with E-state index in [1.807, 2.05) is 29.6 Å². The number of hydrogen-bond acceptors (Lipinski definition) is 8. The second kappa shape index (κ2) is 10.5. The number of hydrogen-bond donors (Lipinski definition) is 3. The molecule has 1 unspecified atom stereocenters. The fourth-order valence-electron chi connectivity index (χ4n) is 2.49. The van der Waals surface area contributed by atoms with Gasteiger partial charge in [0.15, 0.2) is 0 Å². The number of benzene rings is 2. The fourth-order valence-corrected chi connectivity index (χ4v) is 2.95. The first-order chi connectivity index (χ1) is 14.1. The van der Waals surface area contributed by atoms with E-state index in [0.717, 1.165) is 11.3 Å². The van der Waals surface area contributed by atoms with E-state index in [0.29, 0.717) is 36.8 Å². The van der Waals surface area contributed by atoms with Crippen LogP contribution in [0.4, 0.5) is 0 Å². The number of aromatic nitrogens is 2. The molecule has 1 heterocycles. The Hall–Kier alpha value is -3.01. The molecule has 0 aliphatic carbocycles. The number of nitrogens with two attached hydrogens (primary N) is 1. The van der Waals surface area contributed by atoms with Crippen LogP contribution in [0.15, 0.2) is 53.9 Å². The number of ether oxygens (including phenoxy) is 2. The van der Waals surface area contributed by atoms with Gasteiger partial charge >= 0.3 is 0 Å². The van der Waals surface area contributed by atoms with Gasteiger partial charge in [-0.1, -0.05) is 4.49 Å². The molecule has 1 atom stereocenters. The Bertz CT molecular complexity index is 886. The van der Waals surface area contributed by atoms with Gasteiger partial charge in [0.1, 0.15) is 36.5 Å². The third kappa shape index (κ3) is 6.53. The highest BCUT2D eigenvalue weighted by Crippen LogP contribution is 2.21. The van der Waals surface area contributed by atoms with Crippen molar-refractivity contribution in [3.8, 4) is 22.8 Å². The number of amides is 1. The van der Waals surface area contributed by atoms with Crippen LogP contribution in [-0.2, 0) is 0 Å². The van der Waals surface area contributed by atoms with Gasteiger partial charge in [-0.25, -0.2) is 0 Å². The molecule has 0 aliphatic heterocycles. The molecule has 8 nitrogen and oxygen atoms in total. The van der Waals surface area contributed by atoms with Gasteiger partial charge in [-0.2, -0.15) is 0 Å². The Morgan fingerprint density at radius 1 is 1.10 bits per heavy atom. The predicted octanol–water partition coefficient (Wildman–Crippen LogP) is 1.71. The lowest BCUT2D eigenvalue weighted by atomic mass is 10.2. The molecular formula is C20H22N4O4S. The highest BCUT2D eigenvalue weighted by atomic mass is 32.1. The van der Waals surface area contributed by atoms with Crippen molar-refractivity contribution in [1.29, 1.82) is 0 Å². The summed E-state index contributed by atoms with van der Waals surface area (Å²) in [6, 6.07) is 14.1. The van der Waals surface area contributed by atoms with E-state index in [2.05, 4.69) is 14.9 Å². The zero-order chi connectivity index (χ0) is 20.5. The van der Waals surface area contributed by atoms with Gasteiger partial charge in [0, 0.05) is 29.6 Å². The summed E-state index contributed by atoms with van der Waals surface area (Å²) in [6.07, 6.45) is -0.646. The number of carbonyl (C=O) groups is 1. The molecule has 3 rings (SSSR count). The van der Waals surface area contributed by atoms with Crippen LogP contribution >= 0.6 is 11.5 Å². The summed E-state index contributed by atoms with van der Waals surface area (Å²) in [5, 5.41) is 19.0. The maximum atomic E-state index is 11.0. The van der Waals surface area contributed by atoms with Gasteiger partial charge in [0.2, 0.25) is 5.91 Å². The second-order valence-corrected chi connectivity index (χ2v) is 6.83. The molecule has 1 amide bonds. The fraction of sp³-hybridized carbons (Fsp3) is 0.250. The van der Waals surface area contributed by atoms with Crippen molar-refractivity contribution in [3.05, 3.63) is 59.5 Å². The minimum atomic E-state index is -0.646. The molecule has 0 saturated heterocycles. The number of carbonyl (C=O) groups excluding carboxylic acids is 1. The van der Waals surface area contributed by atoms with Crippen molar-refractivity contribution in [3.63, 3.8) is 0 Å². The van der Waals surface area contributed by atoms with E-state index in [1.165, 1.54) is 11.5 Å². The third-order valence-electron chi connectivity index (χ3n) is 4.02. The molecule has 0 saturated carbocycles. The third-order valence-corrected chi connectivity index (χ3v) is 4.52. The number of nitrogens with one attached hydrogen (secondary N) is 1. The van der Waals surface area contributed by atoms with Gasteiger partial charge in [0.05, 0.1) is 0 Å². The first-order valence-electron chi connectivity index (χ1n) is 9.03. The summed E-state index contributed by atoms with van der Waals surface area (Å²) in [5.74, 6) is 0.860. The van der Waals surface area contributed by atoms with Crippen molar-refractivity contribution in [1.82, 2.24) is 14.9 Å². The van der Waals surface area contributed by atoms with E-state index in [1.54, 1.807) is 24.3 Å². The quantitative estimate of drug-likeness (QED) is 0.409. The van der Waals surface area contributed by atoms with Crippen LogP contribution < -0.4 is 20.5 Å². The van der Waals surface area contributed by atoms with Crippen molar-refractivity contribution in [2.75, 3.05) is 26.3 Å². The smallest absolute Gasteiger partial charge is 0.248 e. The van der Waals surface area contributed by atoms with Crippen molar-refractivity contribution in [2.24, 2.45) is 5.73 Å². The highest BCUT2D eigenvalue weighted by Gasteiger charge is 2.06. The zero-order valence-corrected chi connectivity index (χ0v) is 16.5. The summed E-state index contributed by atoms with van der Waals surface area (Å²) in [6.45, 7) is 1.55. The number of rotatable bonds is 11. The Labute approximate surface area is 172 Å². The number of primary amides is 1. The summed E-state index contributed by atoms with van der Waals surface area (Å²) in [4.78, 5) is 11.0.